The number of piperazine rings is 1. The van der Waals surface area contributed by atoms with Gasteiger partial charge in [0.2, 0.25) is 0 Å². The molecule has 28 heavy (non-hydrogen) atoms. The number of thioether (sulfide) groups is 1. The van der Waals surface area contributed by atoms with E-state index in [0.717, 1.165) is 48.0 Å². The number of hydrogen-bond donors (Lipinski definition) is 2. The van der Waals surface area contributed by atoms with Gasteiger partial charge in [0, 0.05) is 67.3 Å². The summed E-state index contributed by atoms with van der Waals surface area (Å²) in [6.07, 6.45) is 7.27. The number of guanidine groups is 1. The Hall–Kier alpha value is -1.11. The Labute approximate surface area is 179 Å². The van der Waals surface area contributed by atoms with Crippen molar-refractivity contribution in [3.63, 3.8) is 0 Å². The molecule has 1 aromatic carbocycles. The fourth-order valence-electron chi connectivity index (χ4n) is 4.12. The lowest BCUT2D eigenvalue weighted by Crippen LogP contribution is -2.46. The average Bonchev–Trinajstić information content (AvgIpc) is 2.72. The van der Waals surface area contributed by atoms with Crippen molar-refractivity contribution in [1.82, 2.24) is 15.5 Å². The Morgan fingerprint density at radius 1 is 1.25 bits per heavy atom. The van der Waals surface area contributed by atoms with Gasteiger partial charge in [0.05, 0.1) is 0 Å². The smallest absolute Gasteiger partial charge is 0.191 e. The van der Waals surface area contributed by atoms with Gasteiger partial charge in [-0.25, -0.2) is 0 Å². The van der Waals surface area contributed by atoms with Crippen LogP contribution in [0.15, 0.2) is 23.2 Å². The average molecular weight is 424 g/mol. The highest BCUT2D eigenvalue weighted by molar-refractivity contribution is 7.99. The van der Waals surface area contributed by atoms with Gasteiger partial charge in [0.1, 0.15) is 0 Å². The summed E-state index contributed by atoms with van der Waals surface area (Å²) in [5, 5.41) is 8.71. The highest BCUT2D eigenvalue weighted by atomic mass is 35.5. The van der Waals surface area contributed by atoms with Crippen LogP contribution < -0.4 is 15.5 Å². The molecule has 0 spiro atoms. The van der Waals surface area contributed by atoms with E-state index in [1.165, 1.54) is 31.4 Å². The minimum absolute atomic E-state index is 0.501. The normalized spacial score (nSPS) is 24.3. The number of hydrogen-bond acceptors (Lipinski definition) is 4. The molecule has 1 saturated carbocycles. The first kappa shape index (κ1) is 21.6. The predicted octanol–water partition coefficient (Wildman–Crippen LogP) is 3.43. The Balaban J connectivity index is 1.62. The molecule has 0 radical (unpaired) electrons. The SMILES string of the molecule is CN=C(NCc1c(Cl)cccc1N1CCN(C)CC1)NC1CCCC(SC)C1. The molecule has 0 amide bonds. The van der Waals surface area contributed by atoms with Gasteiger partial charge in [-0.15, -0.1) is 0 Å². The van der Waals surface area contributed by atoms with Crippen LogP contribution in [0.1, 0.15) is 31.2 Å². The summed E-state index contributed by atoms with van der Waals surface area (Å²) < 4.78 is 0. The van der Waals surface area contributed by atoms with Crippen LogP contribution in [0.3, 0.4) is 0 Å². The number of rotatable bonds is 5. The van der Waals surface area contributed by atoms with Crippen molar-refractivity contribution >= 4 is 35.0 Å². The van der Waals surface area contributed by atoms with Crippen LogP contribution >= 0.6 is 23.4 Å². The fraction of sp³-hybridized carbons (Fsp3) is 0.667. The number of halogens is 1. The zero-order valence-electron chi connectivity index (χ0n) is 17.4. The van der Waals surface area contributed by atoms with Crippen molar-refractivity contribution in [3.05, 3.63) is 28.8 Å². The van der Waals surface area contributed by atoms with Gasteiger partial charge < -0.3 is 20.4 Å². The van der Waals surface area contributed by atoms with Crippen molar-refractivity contribution in [2.75, 3.05) is 51.4 Å². The Kier molecular flexibility index (Phi) is 8.18. The van der Waals surface area contributed by atoms with E-state index in [2.05, 4.69) is 50.9 Å². The van der Waals surface area contributed by atoms with E-state index in [9.17, 15) is 0 Å². The second-order valence-corrected chi connectivity index (χ2v) is 9.36. The lowest BCUT2D eigenvalue weighted by Gasteiger charge is -2.35. The minimum Gasteiger partial charge on any atom is -0.369 e. The maximum absolute atomic E-state index is 6.59. The Morgan fingerprint density at radius 2 is 2.04 bits per heavy atom. The first-order valence-corrected chi connectivity index (χ1v) is 12.0. The lowest BCUT2D eigenvalue weighted by molar-refractivity contribution is 0.312. The molecular weight excluding hydrogens is 390 g/mol. The fourth-order valence-corrected chi connectivity index (χ4v) is 5.18. The maximum atomic E-state index is 6.59. The summed E-state index contributed by atoms with van der Waals surface area (Å²) in [4.78, 5) is 9.27. The van der Waals surface area contributed by atoms with Crippen LogP contribution in [0.5, 0.6) is 0 Å². The second kappa shape index (κ2) is 10.6. The summed E-state index contributed by atoms with van der Waals surface area (Å²) in [6, 6.07) is 6.73. The first-order chi connectivity index (χ1) is 13.6. The Bertz CT molecular complexity index is 660. The third-order valence-corrected chi connectivity index (χ3v) is 7.34. The van der Waals surface area contributed by atoms with Gasteiger partial charge in [0.15, 0.2) is 5.96 Å². The summed E-state index contributed by atoms with van der Waals surface area (Å²) in [7, 11) is 4.03. The van der Waals surface area contributed by atoms with Crippen molar-refractivity contribution in [2.45, 2.75) is 43.5 Å². The second-order valence-electron chi connectivity index (χ2n) is 7.82. The summed E-state index contributed by atoms with van der Waals surface area (Å²) in [6.45, 7) is 4.92. The quantitative estimate of drug-likeness (QED) is 0.561. The van der Waals surface area contributed by atoms with E-state index in [4.69, 9.17) is 11.6 Å². The van der Waals surface area contributed by atoms with Crippen molar-refractivity contribution in [1.29, 1.82) is 0 Å². The molecular formula is C21H34ClN5S. The third kappa shape index (κ3) is 5.71. The van der Waals surface area contributed by atoms with E-state index in [1.54, 1.807) is 0 Å². The number of likely N-dealkylation sites (N-methyl/N-ethyl adjacent to an activating group) is 1. The molecule has 0 bridgehead atoms. The summed E-state index contributed by atoms with van der Waals surface area (Å²) in [5.74, 6) is 0.871. The number of benzene rings is 1. The molecule has 1 aliphatic heterocycles. The van der Waals surface area contributed by atoms with Crippen LogP contribution in [0, 0.1) is 0 Å². The monoisotopic (exact) mass is 423 g/mol. The van der Waals surface area contributed by atoms with Crippen LogP contribution in [0.25, 0.3) is 0 Å². The topological polar surface area (TPSA) is 42.9 Å². The molecule has 2 unspecified atom stereocenters. The highest BCUT2D eigenvalue weighted by Gasteiger charge is 2.22. The summed E-state index contributed by atoms with van der Waals surface area (Å²) in [5.41, 5.74) is 2.39. The van der Waals surface area contributed by atoms with Crippen molar-refractivity contribution < 1.29 is 0 Å². The van der Waals surface area contributed by atoms with Gasteiger partial charge in [-0.1, -0.05) is 24.1 Å². The molecule has 1 heterocycles. The molecule has 1 aliphatic carbocycles. The Morgan fingerprint density at radius 3 is 2.75 bits per heavy atom. The zero-order chi connectivity index (χ0) is 19.9. The molecule has 1 aromatic rings. The van der Waals surface area contributed by atoms with Crippen LogP contribution in [0.2, 0.25) is 5.02 Å². The van der Waals surface area contributed by atoms with Gasteiger partial charge in [-0.2, -0.15) is 11.8 Å². The summed E-state index contributed by atoms with van der Waals surface area (Å²) >= 11 is 8.58. The molecule has 2 atom stereocenters. The highest BCUT2D eigenvalue weighted by Crippen LogP contribution is 2.29. The number of nitrogens with one attached hydrogen (secondary N) is 2. The predicted molar refractivity (Wildman–Crippen MR) is 124 cm³/mol. The molecule has 3 rings (SSSR count). The van der Waals surface area contributed by atoms with Gasteiger partial charge >= 0.3 is 0 Å². The van der Waals surface area contributed by atoms with E-state index >= 15 is 0 Å². The molecule has 7 heteroatoms. The number of aliphatic imine (C=N–C) groups is 1. The standard InChI is InChI=1S/C21H34ClN5S/c1-23-21(25-16-6-4-7-17(14-16)28-3)24-15-18-19(22)8-5-9-20(18)27-12-10-26(2)11-13-27/h5,8-9,16-17H,4,6-7,10-15H2,1-3H3,(H2,23,24,25). The largest absolute Gasteiger partial charge is 0.369 e. The van der Waals surface area contributed by atoms with Crippen molar-refractivity contribution in [2.24, 2.45) is 4.99 Å². The van der Waals surface area contributed by atoms with Crippen LogP contribution in [-0.2, 0) is 6.54 Å². The van der Waals surface area contributed by atoms with Gasteiger partial charge in [0.25, 0.3) is 0 Å². The molecule has 156 valence electrons. The van der Waals surface area contributed by atoms with E-state index in [-0.39, 0.29) is 0 Å². The van der Waals surface area contributed by atoms with E-state index in [0.29, 0.717) is 12.6 Å². The van der Waals surface area contributed by atoms with Crippen LogP contribution in [0.4, 0.5) is 5.69 Å². The van der Waals surface area contributed by atoms with Crippen molar-refractivity contribution in [3.8, 4) is 0 Å². The van der Waals surface area contributed by atoms with Crippen LogP contribution in [-0.4, -0.2) is 68.7 Å². The minimum atomic E-state index is 0.501. The molecule has 5 nitrogen and oxygen atoms in total. The van der Waals surface area contributed by atoms with Gasteiger partial charge in [-0.3, -0.25) is 4.99 Å². The lowest BCUT2D eigenvalue weighted by atomic mass is 9.95. The van der Waals surface area contributed by atoms with E-state index in [1.807, 2.05) is 24.9 Å². The maximum Gasteiger partial charge on any atom is 0.191 e. The van der Waals surface area contributed by atoms with Gasteiger partial charge in [-0.05, 0) is 44.7 Å². The van der Waals surface area contributed by atoms with E-state index < -0.39 is 0 Å². The molecule has 2 N–H and O–H groups in total. The number of nitrogens with zero attached hydrogens (tertiary/aromatic N) is 3. The molecule has 1 saturated heterocycles. The number of anilines is 1. The molecule has 2 fully saturated rings. The molecule has 0 aromatic heterocycles. The third-order valence-electron chi connectivity index (χ3n) is 5.89. The first-order valence-electron chi connectivity index (χ1n) is 10.3. The zero-order valence-corrected chi connectivity index (χ0v) is 19.0. The molecule has 2 aliphatic rings.